The molecule has 1 aromatic heterocycles. The molecular formula is C15H14N2O4. The lowest BCUT2D eigenvalue weighted by molar-refractivity contribution is -0.123. The smallest absolute Gasteiger partial charge is 0.258 e. The Morgan fingerprint density at radius 2 is 1.76 bits per heavy atom. The zero-order valence-corrected chi connectivity index (χ0v) is 11.9. The van der Waals surface area contributed by atoms with Gasteiger partial charge in [0.2, 0.25) is 0 Å². The van der Waals surface area contributed by atoms with Gasteiger partial charge in [-0.15, -0.1) is 0 Å². The van der Waals surface area contributed by atoms with Crippen molar-refractivity contribution in [3.63, 3.8) is 0 Å². The van der Waals surface area contributed by atoms with Crippen molar-refractivity contribution in [2.75, 3.05) is 14.2 Å². The number of rotatable bonds is 3. The SMILES string of the molecule is COc1cc2c(C3=CC(=O)NC3=O)cn(C)c2cc1OC. The topological polar surface area (TPSA) is 69.6 Å². The average molecular weight is 286 g/mol. The number of hydrogen-bond acceptors (Lipinski definition) is 4. The van der Waals surface area contributed by atoms with Gasteiger partial charge in [0.25, 0.3) is 11.8 Å². The summed E-state index contributed by atoms with van der Waals surface area (Å²) in [7, 11) is 4.99. The molecule has 2 heterocycles. The van der Waals surface area contributed by atoms with E-state index in [9.17, 15) is 9.59 Å². The molecule has 6 nitrogen and oxygen atoms in total. The largest absolute Gasteiger partial charge is 0.493 e. The molecule has 3 rings (SSSR count). The molecule has 0 atom stereocenters. The molecule has 2 amide bonds. The minimum atomic E-state index is -0.396. The maximum absolute atomic E-state index is 11.9. The van der Waals surface area contributed by atoms with Crippen LogP contribution in [0.1, 0.15) is 5.56 Å². The molecule has 2 aromatic rings. The van der Waals surface area contributed by atoms with E-state index in [0.29, 0.717) is 22.6 Å². The van der Waals surface area contributed by atoms with Gasteiger partial charge < -0.3 is 14.0 Å². The Morgan fingerprint density at radius 3 is 2.33 bits per heavy atom. The quantitative estimate of drug-likeness (QED) is 0.862. The van der Waals surface area contributed by atoms with Crippen LogP contribution in [0.25, 0.3) is 16.5 Å². The first-order valence-corrected chi connectivity index (χ1v) is 6.33. The summed E-state index contributed by atoms with van der Waals surface area (Å²) in [6.07, 6.45) is 3.13. The van der Waals surface area contributed by atoms with Crippen LogP contribution in [0.15, 0.2) is 24.4 Å². The predicted octanol–water partition coefficient (Wildman–Crippen LogP) is 1.24. The molecule has 0 spiro atoms. The lowest BCUT2D eigenvalue weighted by Crippen LogP contribution is -2.21. The van der Waals surface area contributed by atoms with E-state index in [1.165, 1.54) is 6.08 Å². The number of nitrogens with zero attached hydrogens (tertiary/aromatic N) is 1. The van der Waals surface area contributed by atoms with Crippen LogP contribution in [0, 0.1) is 0 Å². The molecule has 1 aliphatic rings. The van der Waals surface area contributed by atoms with Crippen molar-refractivity contribution in [1.29, 1.82) is 0 Å². The Hall–Kier alpha value is -2.76. The second-order valence-corrected chi connectivity index (χ2v) is 4.75. The first kappa shape index (κ1) is 13.2. The number of aryl methyl sites for hydroxylation is 1. The number of amides is 2. The van der Waals surface area contributed by atoms with Gasteiger partial charge in [0.05, 0.1) is 25.3 Å². The first-order valence-electron chi connectivity index (χ1n) is 6.33. The van der Waals surface area contributed by atoms with Crippen LogP contribution in [0.5, 0.6) is 11.5 Å². The van der Waals surface area contributed by atoms with Crippen molar-refractivity contribution in [3.8, 4) is 11.5 Å². The zero-order valence-electron chi connectivity index (χ0n) is 11.9. The fourth-order valence-electron chi connectivity index (χ4n) is 2.54. The van der Waals surface area contributed by atoms with Gasteiger partial charge in [-0.25, -0.2) is 0 Å². The lowest BCUT2D eigenvalue weighted by atomic mass is 10.0. The fraction of sp³-hybridized carbons (Fsp3) is 0.200. The fourth-order valence-corrected chi connectivity index (χ4v) is 2.54. The number of fused-ring (bicyclic) bond motifs is 1. The van der Waals surface area contributed by atoms with Gasteiger partial charge in [-0.1, -0.05) is 0 Å². The van der Waals surface area contributed by atoms with E-state index in [-0.39, 0.29) is 5.91 Å². The standard InChI is InChI=1S/C15H14N2O4/c1-17-7-10(9-5-14(18)16-15(9)19)8-4-12(20-2)13(21-3)6-11(8)17/h4-7H,1-3H3,(H,16,18,19). The molecule has 0 bridgehead atoms. The van der Waals surface area contributed by atoms with Crippen molar-refractivity contribution in [1.82, 2.24) is 9.88 Å². The molecule has 0 saturated carbocycles. The number of aromatic nitrogens is 1. The average Bonchev–Trinajstić information content (AvgIpc) is 2.97. The third kappa shape index (κ3) is 1.96. The molecule has 0 unspecified atom stereocenters. The number of methoxy groups -OCH3 is 2. The van der Waals surface area contributed by atoms with Crippen LogP contribution in [0.2, 0.25) is 0 Å². The monoisotopic (exact) mass is 286 g/mol. The van der Waals surface area contributed by atoms with E-state index in [1.807, 2.05) is 23.9 Å². The third-order valence-electron chi connectivity index (χ3n) is 3.54. The van der Waals surface area contributed by atoms with Crippen LogP contribution in [-0.2, 0) is 16.6 Å². The lowest BCUT2D eigenvalue weighted by Gasteiger charge is -2.08. The number of benzene rings is 1. The highest BCUT2D eigenvalue weighted by molar-refractivity contribution is 6.35. The minimum absolute atomic E-state index is 0.359. The van der Waals surface area contributed by atoms with Crippen molar-refractivity contribution in [3.05, 3.63) is 30.0 Å². The number of hydrogen-bond donors (Lipinski definition) is 1. The van der Waals surface area contributed by atoms with E-state index >= 15 is 0 Å². The number of carbonyl (C=O) groups excluding carboxylic acids is 2. The van der Waals surface area contributed by atoms with Crippen molar-refractivity contribution < 1.29 is 19.1 Å². The van der Waals surface area contributed by atoms with Gasteiger partial charge in [0, 0.05) is 36.3 Å². The predicted molar refractivity (Wildman–Crippen MR) is 77.1 cm³/mol. The molecule has 1 aromatic carbocycles. The van der Waals surface area contributed by atoms with Crippen LogP contribution >= 0.6 is 0 Å². The molecule has 0 saturated heterocycles. The van der Waals surface area contributed by atoms with Crippen molar-refractivity contribution in [2.45, 2.75) is 0 Å². The van der Waals surface area contributed by atoms with E-state index in [4.69, 9.17) is 9.47 Å². The summed E-state index contributed by atoms with van der Waals surface area (Å²) < 4.78 is 12.5. The maximum atomic E-state index is 11.9. The van der Waals surface area contributed by atoms with Gasteiger partial charge in [0.1, 0.15) is 0 Å². The Bertz CT molecular complexity index is 802. The highest BCUT2D eigenvalue weighted by atomic mass is 16.5. The molecule has 0 fully saturated rings. The van der Waals surface area contributed by atoms with Crippen molar-refractivity contribution >= 4 is 28.3 Å². The minimum Gasteiger partial charge on any atom is -0.493 e. The zero-order chi connectivity index (χ0) is 15.1. The molecule has 1 aliphatic heterocycles. The van der Waals surface area contributed by atoms with Crippen LogP contribution < -0.4 is 14.8 Å². The molecular weight excluding hydrogens is 272 g/mol. The summed E-state index contributed by atoms with van der Waals surface area (Å²) in [5.41, 5.74) is 1.94. The first-order chi connectivity index (χ1) is 10.0. The maximum Gasteiger partial charge on any atom is 0.258 e. The van der Waals surface area contributed by atoms with Gasteiger partial charge >= 0.3 is 0 Å². The molecule has 6 heteroatoms. The van der Waals surface area contributed by atoms with Crippen LogP contribution in [0.4, 0.5) is 0 Å². The summed E-state index contributed by atoms with van der Waals surface area (Å²) in [5.74, 6) is 0.399. The Balaban J connectivity index is 2.28. The summed E-state index contributed by atoms with van der Waals surface area (Å²) in [6.45, 7) is 0. The van der Waals surface area contributed by atoms with Crippen LogP contribution in [-0.4, -0.2) is 30.6 Å². The highest BCUT2D eigenvalue weighted by Gasteiger charge is 2.25. The van der Waals surface area contributed by atoms with E-state index < -0.39 is 5.91 Å². The highest BCUT2D eigenvalue weighted by Crippen LogP contribution is 2.36. The Kier molecular flexibility index (Phi) is 2.94. The van der Waals surface area contributed by atoms with E-state index in [2.05, 4.69) is 5.32 Å². The Labute approximate surface area is 120 Å². The summed E-state index contributed by atoms with van der Waals surface area (Å²) >= 11 is 0. The molecule has 21 heavy (non-hydrogen) atoms. The Morgan fingerprint density at radius 1 is 1.10 bits per heavy atom. The summed E-state index contributed by atoms with van der Waals surface area (Å²) in [6, 6.07) is 3.65. The van der Waals surface area contributed by atoms with Gasteiger partial charge in [-0.05, 0) is 6.07 Å². The van der Waals surface area contributed by atoms with E-state index in [1.54, 1.807) is 20.3 Å². The second kappa shape index (κ2) is 4.66. The van der Waals surface area contributed by atoms with Gasteiger partial charge in [-0.2, -0.15) is 0 Å². The number of carbonyl (C=O) groups is 2. The van der Waals surface area contributed by atoms with Gasteiger partial charge in [-0.3, -0.25) is 14.9 Å². The molecule has 0 radical (unpaired) electrons. The van der Waals surface area contributed by atoms with Crippen LogP contribution in [0.3, 0.4) is 0 Å². The van der Waals surface area contributed by atoms with Gasteiger partial charge in [0.15, 0.2) is 11.5 Å². The van der Waals surface area contributed by atoms with E-state index in [0.717, 1.165) is 10.9 Å². The molecule has 1 N–H and O–H groups in total. The number of imide groups is 1. The summed E-state index contributed by atoms with van der Waals surface area (Å²) in [4.78, 5) is 23.2. The summed E-state index contributed by atoms with van der Waals surface area (Å²) in [5, 5.41) is 3.08. The normalized spacial score (nSPS) is 14.3. The number of ether oxygens (including phenoxy) is 2. The molecule has 108 valence electrons. The second-order valence-electron chi connectivity index (χ2n) is 4.75. The number of nitrogens with one attached hydrogen (secondary N) is 1. The molecule has 0 aliphatic carbocycles. The third-order valence-corrected chi connectivity index (χ3v) is 3.54. The van der Waals surface area contributed by atoms with Crippen molar-refractivity contribution in [2.24, 2.45) is 7.05 Å².